The molecule has 0 atom stereocenters. The molecule has 8 heteroatoms. The Morgan fingerprint density at radius 1 is 1.39 bits per heavy atom. The van der Waals surface area contributed by atoms with Gasteiger partial charge in [-0.25, -0.2) is 8.42 Å². The molecule has 0 aliphatic rings. The number of rotatable bonds is 3. The third-order valence-corrected chi connectivity index (χ3v) is 3.30. The fourth-order valence-corrected chi connectivity index (χ4v) is 1.97. The van der Waals surface area contributed by atoms with Gasteiger partial charge < -0.3 is 10.5 Å². The molecule has 0 saturated heterocycles. The first-order valence-corrected chi connectivity index (χ1v) is 6.88. The maximum Gasteiger partial charge on any atom is 0.341 e. The lowest BCUT2D eigenvalue weighted by Crippen LogP contribution is -2.00. The zero-order chi connectivity index (χ0) is 13.3. The third kappa shape index (κ3) is 2.59. The molecule has 0 amide bonds. The molecule has 0 aliphatic carbocycles. The van der Waals surface area contributed by atoms with Crippen molar-refractivity contribution in [3.63, 3.8) is 0 Å². The van der Waals surface area contributed by atoms with Crippen LogP contribution >= 0.6 is 0 Å². The number of nitrogen functional groups attached to an aromatic ring is 1. The molecule has 7 nitrogen and oxygen atoms in total. The minimum absolute atomic E-state index is 0.140. The number of hydrogen-bond acceptors (Lipinski definition) is 6. The Morgan fingerprint density at radius 2 is 2.11 bits per heavy atom. The largest absolute Gasteiger partial charge is 0.421 e. The Morgan fingerprint density at radius 3 is 2.61 bits per heavy atom. The lowest BCUT2D eigenvalue weighted by molar-refractivity contribution is 0.440. The number of nitrogens with zero attached hydrogens (tertiary/aromatic N) is 3. The van der Waals surface area contributed by atoms with Crippen molar-refractivity contribution in [3.8, 4) is 11.8 Å². The van der Waals surface area contributed by atoms with E-state index in [0.29, 0.717) is 5.75 Å². The molecule has 1 heterocycles. The predicted octanol–water partition coefficient (Wildman–Crippen LogP) is 0.593. The van der Waals surface area contributed by atoms with Gasteiger partial charge in [-0.15, -0.1) is 5.10 Å². The number of benzene rings is 1. The summed E-state index contributed by atoms with van der Waals surface area (Å²) >= 11 is 0. The number of sulfone groups is 1. The summed E-state index contributed by atoms with van der Waals surface area (Å²) in [5.41, 5.74) is 5.93. The quantitative estimate of drug-likeness (QED) is 0.818. The van der Waals surface area contributed by atoms with Crippen LogP contribution in [0.1, 0.15) is 0 Å². The van der Waals surface area contributed by atoms with Gasteiger partial charge in [0, 0.05) is 13.3 Å². The summed E-state index contributed by atoms with van der Waals surface area (Å²) in [5.74, 6) is 0.314. The first-order chi connectivity index (χ1) is 8.36. The fourth-order valence-electron chi connectivity index (χ4n) is 1.31. The number of aromatic nitrogens is 3. The van der Waals surface area contributed by atoms with E-state index < -0.39 is 9.84 Å². The summed E-state index contributed by atoms with van der Waals surface area (Å²) in [7, 11) is -1.58. The van der Waals surface area contributed by atoms with Crippen LogP contribution in [0.15, 0.2) is 29.4 Å². The van der Waals surface area contributed by atoms with Crippen molar-refractivity contribution in [1.82, 2.24) is 14.8 Å². The van der Waals surface area contributed by atoms with Crippen molar-refractivity contribution < 1.29 is 13.2 Å². The van der Waals surface area contributed by atoms with Gasteiger partial charge in [0.05, 0.1) is 10.6 Å². The SMILES string of the molecule is Cn1cnc(Oc2ccc(S(C)(=O)=O)cc2N)n1. The van der Waals surface area contributed by atoms with Gasteiger partial charge in [-0.2, -0.15) is 4.98 Å². The number of anilines is 1. The second kappa shape index (κ2) is 4.30. The molecule has 96 valence electrons. The van der Waals surface area contributed by atoms with Crippen molar-refractivity contribution in [1.29, 1.82) is 0 Å². The summed E-state index contributed by atoms with van der Waals surface area (Å²) in [6.45, 7) is 0. The molecule has 0 radical (unpaired) electrons. The van der Waals surface area contributed by atoms with Gasteiger partial charge in [0.1, 0.15) is 6.33 Å². The molecule has 0 unspecified atom stereocenters. The maximum atomic E-state index is 11.3. The number of aryl methyl sites for hydroxylation is 1. The van der Waals surface area contributed by atoms with E-state index in [1.807, 2.05) is 0 Å². The Kier molecular flexibility index (Phi) is 2.95. The minimum atomic E-state index is -3.28. The lowest BCUT2D eigenvalue weighted by Gasteiger charge is -2.06. The van der Waals surface area contributed by atoms with E-state index in [0.717, 1.165) is 6.26 Å². The summed E-state index contributed by atoms with van der Waals surface area (Å²) < 4.78 is 29.5. The molecule has 0 bridgehead atoms. The fraction of sp³-hybridized carbons (Fsp3) is 0.200. The monoisotopic (exact) mass is 268 g/mol. The molecule has 0 fully saturated rings. The molecule has 2 N–H and O–H groups in total. The maximum absolute atomic E-state index is 11.3. The molecule has 2 aromatic rings. The van der Waals surface area contributed by atoms with Gasteiger partial charge in [-0.1, -0.05) is 0 Å². The molecule has 18 heavy (non-hydrogen) atoms. The van der Waals surface area contributed by atoms with Crippen molar-refractivity contribution in [3.05, 3.63) is 24.5 Å². The van der Waals surface area contributed by atoms with E-state index in [-0.39, 0.29) is 16.6 Å². The van der Waals surface area contributed by atoms with Gasteiger partial charge >= 0.3 is 6.01 Å². The molecule has 2 rings (SSSR count). The Balaban J connectivity index is 2.31. The van der Waals surface area contributed by atoms with Crippen LogP contribution in [0.3, 0.4) is 0 Å². The average molecular weight is 268 g/mol. The summed E-state index contributed by atoms with van der Waals surface area (Å²) in [4.78, 5) is 4.02. The van der Waals surface area contributed by atoms with Crippen LogP contribution in [0, 0.1) is 0 Å². The molecule has 0 saturated carbocycles. The number of ether oxygens (including phenoxy) is 1. The summed E-state index contributed by atoms with van der Waals surface area (Å²) in [6.07, 6.45) is 2.60. The van der Waals surface area contributed by atoms with Crippen LogP contribution in [0.25, 0.3) is 0 Å². The summed E-state index contributed by atoms with van der Waals surface area (Å²) in [6, 6.07) is 4.39. The first-order valence-electron chi connectivity index (χ1n) is 4.99. The highest BCUT2D eigenvalue weighted by Gasteiger charge is 2.11. The molecule has 1 aromatic carbocycles. The Labute approximate surface area is 104 Å². The average Bonchev–Trinajstić information content (AvgIpc) is 2.65. The van der Waals surface area contributed by atoms with Crippen LogP contribution in [-0.2, 0) is 16.9 Å². The zero-order valence-electron chi connectivity index (χ0n) is 9.86. The molecule has 1 aromatic heterocycles. The highest BCUT2D eigenvalue weighted by molar-refractivity contribution is 7.90. The van der Waals surface area contributed by atoms with Gasteiger partial charge in [0.15, 0.2) is 15.6 Å². The van der Waals surface area contributed by atoms with Crippen molar-refractivity contribution >= 4 is 15.5 Å². The van der Waals surface area contributed by atoms with Gasteiger partial charge in [0.25, 0.3) is 0 Å². The standard InChI is InChI=1S/C10H12N4O3S/c1-14-6-12-10(13-14)17-9-4-3-7(5-8(9)11)18(2,15)16/h3-6H,11H2,1-2H3. The molecular weight excluding hydrogens is 256 g/mol. The predicted molar refractivity (Wildman–Crippen MR) is 65.0 cm³/mol. The second-order valence-electron chi connectivity index (χ2n) is 3.77. The van der Waals surface area contributed by atoms with E-state index in [9.17, 15) is 8.42 Å². The third-order valence-electron chi connectivity index (χ3n) is 2.19. The van der Waals surface area contributed by atoms with Gasteiger partial charge in [0.2, 0.25) is 0 Å². The van der Waals surface area contributed by atoms with Crippen LogP contribution in [-0.4, -0.2) is 29.4 Å². The number of nitrogens with two attached hydrogens (primary N) is 1. The lowest BCUT2D eigenvalue weighted by atomic mass is 10.3. The van der Waals surface area contributed by atoms with E-state index in [1.165, 1.54) is 29.2 Å². The van der Waals surface area contributed by atoms with Gasteiger partial charge in [-0.3, -0.25) is 4.68 Å². The smallest absolute Gasteiger partial charge is 0.341 e. The molecule has 0 aliphatic heterocycles. The van der Waals surface area contributed by atoms with Crippen molar-refractivity contribution in [2.24, 2.45) is 7.05 Å². The Hall–Kier alpha value is -2.09. The van der Waals surface area contributed by atoms with E-state index in [4.69, 9.17) is 10.5 Å². The highest BCUT2D eigenvalue weighted by atomic mass is 32.2. The molecular formula is C10H12N4O3S. The first kappa shape index (κ1) is 12.4. The van der Waals surface area contributed by atoms with E-state index in [2.05, 4.69) is 10.1 Å². The molecule has 0 spiro atoms. The van der Waals surface area contributed by atoms with Gasteiger partial charge in [-0.05, 0) is 18.2 Å². The topological polar surface area (TPSA) is 100 Å². The summed E-state index contributed by atoms with van der Waals surface area (Å²) in [5, 5.41) is 3.93. The van der Waals surface area contributed by atoms with Crippen LogP contribution in [0.4, 0.5) is 5.69 Å². The minimum Gasteiger partial charge on any atom is -0.421 e. The Bertz CT molecular complexity index is 678. The van der Waals surface area contributed by atoms with Crippen LogP contribution < -0.4 is 10.5 Å². The van der Waals surface area contributed by atoms with Crippen molar-refractivity contribution in [2.45, 2.75) is 4.90 Å². The highest BCUT2D eigenvalue weighted by Crippen LogP contribution is 2.27. The van der Waals surface area contributed by atoms with E-state index >= 15 is 0 Å². The second-order valence-corrected chi connectivity index (χ2v) is 5.79. The number of hydrogen-bond donors (Lipinski definition) is 1. The van der Waals surface area contributed by atoms with E-state index in [1.54, 1.807) is 7.05 Å². The van der Waals surface area contributed by atoms with Crippen LogP contribution in [0.5, 0.6) is 11.8 Å². The van der Waals surface area contributed by atoms with Crippen molar-refractivity contribution in [2.75, 3.05) is 12.0 Å². The normalized spacial score (nSPS) is 11.4. The zero-order valence-corrected chi connectivity index (χ0v) is 10.7. The van der Waals surface area contributed by atoms with Crippen LogP contribution in [0.2, 0.25) is 0 Å².